The Morgan fingerprint density at radius 2 is 0.857 bits per heavy atom. The fraction of sp³-hybridized carbons (Fsp3) is 0.900. The van der Waals surface area contributed by atoms with Crippen LogP contribution in [0, 0.1) is 12.0 Å². The molecule has 0 radical (unpaired) electrons. The third-order valence-electron chi connectivity index (χ3n) is 4.26. The van der Waals surface area contributed by atoms with Crippen molar-refractivity contribution >= 4 is 0 Å². The average molecular weight is 294 g/mol. The summed E-state index contributed by atoms with van der Waals surface area (Å²) in [6, 6.07) is 2.47. The molecule has 0 fully saturated rings. The molecule has 1 nitrogen and oxygen atoms in total. The SMILES string of the molecule is CCCCCCCCCCCCCCCCCCC#CN. The van der Waals surface area contributed by atoms with Crippen LogP contribution in [0.25, 0.3) is 0 Å². The zero-order valence-corrected chi connectivity index (χ0v) is 14.6. The van der Waals surface area contributed by atoms with Gasteiger partial charge in [-0.05, 0) is 6.42 Å². The fourth-order valence-corrected chi connectivity index (χ4v) is 2.83. The highest BCUT2D eigenvalue weighted by atomic mass is 14.4. The van der Waals surface area contributed by atoms with E-state index in [2.05, 4.69) is 18.9 Å². The molecule has 0 spiro atoms. The molecule has 1 heteroatoms. The Morgan fingerprint density at radius 1 is 0.524 bits per heavy atom. The lowest BCUT2D eigenvalue weighted by Gasteiger charge is -2.03. The van der Waals surface area contributed by atoms with E-state index >= 15 is 0 Å². The third-order valence-corrected chi connectivity index (χ3v) is 4.26. The molecule has 0 aliphatic carbocycles. The molecule has 0 aromatic heterocycles. The molecule has 0 saturated heterocycles. The zero-order valence-electron chi connectivity index (χ0n) is 14.6. The number of unbranched alkanes of at least 4 members (excludes halogenated alkanes) is 16. The van der Waals surface area contributed by atoms with Crippen LogP contribution in [0.15, 0.2) is 0 Å². The van der Waals surface area contributed by atoms with Crippen LogP contribution < -0.4 is 5.73 Å². The first-order valence-electron chi connectivity index (χ1n) is 9.60. The number of hydrogen-bond donors (Lipinski definition) is 1. The van der Waals surface area contributed by atoms with Crippen LogP contribution in [0.1, 0.15) is 116 Å². The molecule has 21 heavy (non-hydrogen) atoms. The van der Waals surface area contributed by atoms with Gasteiger partial charge < -0.3 is 5.73 Å². The van der Waals surface area contributed by atoms with E-state index in [0.717, 1.165) is 6.42 Å². The van der Waals surface area contributed by atoms with Gasteiger partial charge in [0.15, 0.2) is 0 Å². The summed E-state index contributed by atoms with van der Waals surface area (Å²) in [5.74, 6) is 2.93. The lowest BCUT2D eigenvalue weighted by Crippen LogP contribution is -1.83. The molecule has 0 heterocycles. The van der Waals surface area contributed by atoms with Crippen molar-refractivity contribution in [2.24, 2.45) is 5.73 Å². The Balaban J connectivity index is 2.94. The quantitative estimate of drug-likeness (QED) is 0.195. The first-order chi connectivity index (χ1) is 10.4. The van der Waals surface area contributed by atoms with Gasteiger partial charge in [-0.3, -0.25) is 0 Å². The molecule has 0 unspecified atom stereocenters. The first-order valence-corrected chi connectivity index (χ1v) is 9.60. The second-order valence-corrected chi connectivity index (χ2v) is 6.37. The third kappa shape index (κ3) is 19.4. The van der Waals surface area contributed by atoms with Crippen molar-refractivity contribution < 1.29 is 0 Å². The molecule has 2 N–H and O–H groups in total. The van der Waals surface area contributed by atoms with Crippen molar-refractivity contribution in [1.82, 2.24) is 0 Å². The summed E-state index contributed by atoms with van der Waals surface area (Å²) in [4.78, 5) is 0. The molecule has 0 aromatic carbocycles. The summed E-state index contributed by atoms with van der Waals surface area (Å²) in [7, 11) is 0. The van der Waals surface area contributed by atoms with Crippen LogP contribution >= 0.6 is 0 Å². The highest BCUT2D eigenvalue weighted by Gasteiger charge is 1.94. The van der Waals surface area contributed by atoms with Crippen LogP contribution in [0.2, 0.25) is 0 Å². The Morgan fingerprint density at radius 3 is 1.19 bits per heavy atom. The molecule has 0 aliphatic rings. The summed E-state index contributed by atoms with van der Waals surface area (Å²) >= 11 is 0. The molecule has 0 aromatic rings. The fourth-order valence-electron chi connectivity index (χ4n) is 2.83. The predicted molar refractivity (Wildman–Crippen MR) is 96.1 cm³/mol. The maximum atomic E-state index is 5.13. The molecule has 0 bridgehead atoms. The van der Waals surface area contributed by atoms with Gasteiger partial charge in [-0.15, -0.1) is 0 Å². The summed E-state index contributed by atoms with van der Waals surface area (Å²) in [6.45, 7) is 2.29. The molecule has 0 atom stereocenters. The van der Waals surface area contributed by atoms with E-state index in [0.29, 0.717) is 0 Å². The topological polar surface area (TPSA) is 26.0 Å². The Labute approximate surface area is 134 Å². The molecule has 124 valence electrons. The van der Waals surface area contributed by atoms with Crippen LogP contribution in [0.5, 0.6) is 0 Å². The zero-order chi connectivity index (χ0) is 15.4. The monoisotopic (exact) mass is 293 g/mol. The Kier molecular flexibility index (Phi) is 18.8. The minimum Gasteiger partial charge on any atom is -0.359 e. The van der Waals surface area contributed by atoms with Gasteiger partial charge in [0.25, 0.3) is 0 Å². The molecular formula is C20H39N. The van der Waals surface area contributed by atoms with E-state index in [-0.39, 0.29) is 0 Å². The van der Waals surface area contributed by atoms with Crippen molar-refractivity contribution in [3.05, 3.63) is 0 Å². The number of nitrogens with two attached hydrogens (primary N) is 1. The van der Waals surface area contributed by atoms with Crippen molar-refractivity contribution in [2.75, 3.05) is 0 Å². The average Bonchev–Trinajstić information content (AvgIpc) is 2.50. The molecule has 0 rings (SSSR count). The summed E-state index contributed by atoms with van der Waals surface area (Å²) in [6.07, 6.45) is 23.7. The maximum absolute atomic E-state index is 5.13. The van der Waals surface area contributed by atoms with Crippen LogP contribution in [0.4, 0.5) is 0 Å². The Bertz CT molecular complexity index is 236. The van der Waals surface area contributed by atoms with E-state index < -0.39 is 0 Å². The van der Waals surface area contributed by atoms with Gasteiger partial charge in [0.05, 0.1) is 0 Å². The lowest BCUT2D eigenvalue weighted by molar-refractivity contribution is 0.530. The van der Waals surface area contributed by atoms with Crippen molar-refractivity contribution in [3.63, 3.8) is 0 Å². The molecule has 0 amide bonds. The highest BCUT2D eigenvalue weighted by Crippen LogP contribution is 2.13. The lowest BCUT2D eigenvalue weighted by atomic mass is 10.0. The predicted octanol–water partition coefficient (Wildman–Crippen LogP) is 6.56. The standard InChI is InChI=1S/C20H39N/c1-2-3-4-5-6-7-8-9-10-11-12-13-14-15-16-17-18-19-20-21/h2-18,21H2,1H3. The van der Waals surface area contributed by atoms with E-state index in [1.54, 1.807) is 0 Å². The second kappa shape index (κ2) is 19.4. The molecular weight excluding hydrogens is 254 g/mol. The van der Waals surface area contributed by atoms with E-state index in [9.17, 15) is 0 Å². The maximum Gasteiger partial charge on any atom is 0.0107 e. The minimum absolute atomic E-state index is 0.981. The van der Waals surface area contributed by atoms with Crippen LogP contribution in [-0.2, 0) is 0 Å². The summed E-state index contributed by atoms with van der Waals surface area (Å²) in [5.41, 5.74) is 5.13. The van der Waals surface area contributed by atoms with Gasteiger partial charge >= 0.3 is 0 Å². The molecule has 0 aliphatic heterocycles. The van der Waals surface area contributed by atoms with Crippen molar-refractivity contribution in [2.45, 2.75) is 116 Å². The smallest absolute Gasteiger partial charge is 0.0107 e. The van der Waals surface area contributed by atoms with Gasteiger partial charge in [0.2, 0.25) is 0 Å². The van der Waals surface area contributed by atoms with Gasteiger partial charge in [-0.1, -0.05) is 109 Å². The van der Waals surface area contributed by atoms with E-state index in [4.69, 9.17) is 5.73 Å². The normalized spacial score (nSPS) is 10.3. The summed E-state index contributed by atoms with van der Waals surface area (Å²) in [5, 5.41) is 0. The minimum atomic E-state index is 0.981. The Hall–Kier alpha value is -0.640. The van der Waals surface area contributed by atoms with Crippen LogP contribution in [-0.4, -0.2) is 0 Å². The summed E-state index contributed by atoms with van der Waals surface area (Å²) < 4.78 is 0. The number of hydrogen-bond acceptors (Lipinski definition) is 1. The van der Waals surface area contributed by atoms with Gasteiger partial charge in [-0.25, -0.2) is 0 Å². The second-order valence-electron chi connectivity index (χ2n) is 6.37. The number of rotatable bonds is 16. The molecule has 0 saturated carbocycles. The highest BCUT2D eigenvalue weighted by molar-refractivity contribution is 4.93. The van der Waals surface area contributed by atoms with E-state index in [1.165, 1.54) is 103 Å². The van der Waals surface area contributed by atoms with Crippen molar-refractivity contribution in [1.29, 1.82) is 0 Å². The van der Waals surface area contributed by atoms with Gasteiger partial charge in [0, 0.05) is 12.5 Å². The van der Waals surface area contributed by atoms with Gasteiger partial charge in [0.1, 0.15) is 0 Å². The largest absolute Gasteiger partial charge is 0.359 e. The van der Waals surface area contributed by atoms with Gasteiger partial charge in [-0.2, -0.15) is 0 Å². The van der Waals surface area contributed by atoms with Crippen LogP contribution in [0.3, 0.4) is 0 Å². The first kappa shape index (κ1) is 20.4. The van der Waals surface area contributed by atoms with Crippen molar-refractivity contribution in [3.8, 4) is 12.0 Å². The van der Waals surface area contributed by atoms with E-state index in [1.807, 2.05) is 0 Å².